The molecule has 1 saturated carbocycles. The van der Waals surface area contributed by atoms with Gasteiger partial charge in [0.2, 0.25) is 0 Å². The number of aliphatic hydroxyl groups is 1. The molecule has 0 aromatic rings. The maximum atomic E-state index is 9.47. The highest BCUT2D eigenvalue weighted by Gasteiger charge is 2.58. The minimum absolute atomic E-state index is 0.320. The van der Waals surface area contributed by atoms with E-state index in [9.17, 15) is 5.11 Å². The van der Waals surface area contributed by atoms with Crippen molar-refractivity contribution in [2.75, 3.05) is 19.8 Å². The van der Waals surface area contributed by atoms with Crippen LogP contribution in [-0.4, -0.2) is 35.4 Å². The van der Waals surface area contributed by atoms with Crippen molar-refractivity contribution >= 4 is 0 Å². The van der Waals surface area contributed by atoms with Crippen LogP contribution >= 0.6 is 0 Å². The monoisotopic (exact) mass is 128 g/mol. The van der Waals surface area contributed by atoms with Gasteiger partial charge in [-0.05, 0) is 6.42 Å². The largest absolute Gasteiger partial charge is 0.388 e. The van der Waals surface area contributed by atoms with Crippen LogP contribution in [-0.2, 0) is 0 Å². The average molecular weight is 128 g/mol. The van der Waals surface area contributed by atoms with Crippen LogP contribution in [0.5, 0.6) is 0 Å². The van der Waals surface area contributed by atoms with Crippen molar-refractivity contribution in [1.29, 1.82) is 0 Å². The van der Waals surface area contributed by atoms with Gasteiger partial charge in [-0.1, -0.05) is 0 Å². The summed E-state index contributed by atoms with van der Waals surface area (Å²) >= 11 is 0. The summed E-state index contributed by atoms with van der Waals surface area (Å²) in [7, 11) is 0. The molecule has 1 aliphatic carbocycles. The lowest BCUT2D eigenvalue weighted by atomic mass is 10.3. The van der Waals surface area contributed by atoms with E-state index in [1.54, 1.807) is 0 Å². The molecule has 1 heterocycles. The second-order valence-corrected chi connectivity index (χ2v) is 3.20. The number of fused-ring (bicyclic) bond motifs is 1. The third-order valence-electron chi connectivity index (χ3n) is 2.43. The fourth-order valence-electron chi connectivity index (χ4n) is 1.70. The smallest absolute Gasteiger partial charge is 0.0820 e. The molecular formula is C6H12N2O. The van der Waals surface area contributed by atoms with Crippen LogP contribution in [0.2, 0.25) is 0 Å². The van der Waals surface area contributed by atoms with Crippen LogP contribution in [0.25, 0.3) is 0 Å². The summed E-state index contributed by atoms with van der Waals surface area (Å²) in [5.41, 5.74) is 5.07. The summed E-state index contributed by atoms with van der Waals surface area (Å²) in [6, 6.07) is 0. The Kier molecular flexibility index (Phi) is 0.928. The fraction of sp³-hybridized carbons (Fsp3) is 1.00. The molecule has 0 radical (unpaired) electrons. The van der Waals surface area contributed by atoms with E-state index in [1.807, 2.05) is 0 Å². The molecule has 2 atom stereocenters. The van der Waals surface area contributed by atoms with Gasteiger partial charge in [0.15, 0.2) is 0 Å². The molecule has 0 aromatic carbocycles. The van der Waals surface area contributed by atoms with Crippen molar-refractivity contribution in [2.24, 2.45) is 11.7 Å². The Bertz CT molecular complexity index is 139. The number of β-amino-alcohol motifs (C(OH)–C–C–N with tert-alkyl or cyclic N) is 1. The third kappa shape index (κ3) is 0.689. The molecule has 0 spiro atoms. The molecule has 0 bridgehead atoms. The summed E-state index contributed by atoms with van der Waals surface area (Å²) in [5.74, 6) is 0.543. The summed E-state index contributed by atoms with van der Waals surface area (Å²) in [5, 5.41) is 9.47. The number of piperidine rings is 1. The van der Waals surface area contributed by atoms with Gasteiger partial charge < -0.3 is 10.8 Å². The Morgan fingerprint density at radius 2 is 2.56 bits per heavy atom. The highest BCUT2D eigenvalue weighted by molar-refractivity contribution is 5.11. The second-order valence-electron chi connectivity index (χ2n) is 3.20. The molecule has 2 fully saturated rings. The van der Waals surface area contributed by atoms with Crippen molar-refractivity contribution in [3.63, 3.8) is 0 Å². The zero-order chi connectivity index (χ0) is 6.48. The normalized spacial score (nSPS) is 49.3. The Labute approximate surface area is 54.4 Å². The molecule has 3 nitrogen and oxygen atoms in total. The lowest BCUT2D eigenvalue weighted by molar-refractivity contribution is 0.129. The fourth-order valence-corrected chi connectivity index (χ4v) is 1.70. The molecular weight excluding hydrogens is 116 g/mol. The molecule has 9 heavy (non-hydrogen) atoms. The van der Waals surface area contributed by atoms with Crippen molar-refractivity contribution in [2.45, 2.75) is 12.0 Å². The maximum absolute atomic E-state index is 9.47. The van der Waals surface area contributed by atoms with Crippen molar-refractivity contribution < 1.29 is 5.11 Å². The molecule has 52 valence electrons. The van der Waals surface area contributed by atoms with Gasteiger partial charge in [0.05, 0.1) is 5.60 Å². The quantitative estimate of drug-likeness (QED) is 0.474. The van der Waals surface area contributed by atoms with E-state index < -0.39 is 0 Å². The molecule has 2 rings (SSSR count). The number of nitrogens with two attached hydrogens (primary N) is 1. The van der Waals surface area contributed by atoms with Crippen molar-refractivity contribution in [3.8, 4) is 0 Å². The lowest BCUT2D eigenvalue weighted by Gasteiger charge is -2.14. The second kappa shape index (κ2) is 1.48. The molecule has 3 N–H and O–H groups in total. The first-order valence-corrected chi connectivity index (χ1v) is 3.39. The first kappa shape index (κ1) is 5.65. The van der Waals surface area contributed by atoms with E-state index in [2.05, 4.69) is 4.90 Å². The minimum Gasteiger partial charge on any atom is -0.388 e. The van der Waals surface area contributed by atoms with Crippen LogP contribution in [0, 0.1) is 5.92 Å². The first-order valence-electron chi connectivity index (χ1n) is 3.39. The van der Waals surface area contributed by atoms with E-state index in [4.69, 9.17) is 5.73 Å². The van der Waals surface area contributed by atoms with Crippen molar-refractivity contribution in [3.05, 3.63) is 0 Å². The summed E-state index contributed by atoms with van der Waals surface area (Å²) in [4.78, 5) is 2.09. The van der Waals surface area contributed by atoms with Crippen LogP contribution in [0.3, 0.4) is 0 Å². The summed E-state index contributed by atoms with van der Waals surface area (Å²) in [6.45, 7) is 2.40. The Balaban J connectivity index is 1.98. The van der Waals surface area contributed by atoms with Gasteiger partial charge in [0.1, 0.15) is 0 Å². The van der Waals surface area contributed by atoms with Gasteiger partial charge in [-0.15, -0.1) is 0 Å². The van der Waals surface area contributed by atoms with Gasteiger partial charge in [-0.2, -0.15) is 0 Å². The van der Waals surface area contributed by atoms with E-state index in [0.717, 1.165) is 19.5 Å². The number of hydrogen-bond acceptors (Lipinski definition) is 3. The van der Waals surface area contributed by atoms with E-state index in [1.165, 1.54) is 0 Å². The third-order valence-corrected chi connectivity index (χ3v) is 2.43. The summed E-state index contributed by atoms with van der Waals surface area (Å²) in [6.07, 6.45) is 1.00. The Hall–Kier alpha value is -0.120. The Morgan fingerprint density at radius 1 is 1.78 bits per heavy atom. The number of rotatable bonds is 1. The highest BCUT2D eigenvalue weighted by atomic mass is 16.3. The first-order chi connectivity index (χ1) is 4.24. The van der Waals surface area contributed by atoms with Gasteiger partial charge in [0, 0.05) is 25.7 Å². The van der Waals surface area contributed by atoms with Crippen LogP contribution < -0.4 is 5.73 Å². The van der Waals surface area contributed by atoms with Gasteiger partial charge >= 0.3 is 0 Å². The highest BCUT2D eigenvalue weighted by Crippen LogP contribution is 2.48. The number of likely N-dealkylation sites (tertiary alicyclic amines) is 1. The average Bonchev–Trinajstić information content (AvgIpc) is 2.33. The zero-order valence-electron chi connectivity index (χ0n) is 5.38. The Morgan fingerprint density at radius 3 is 2.89 bits per heavy atom. The molecule has 1 aliphatic heterocycles. The van der Waals surface area contributed by atoms with Crippen LogP contribution in [0.4, 0.5) is 0 Å². The number of hydrogen-bond donors (Lipinski definition) is 2. The predicted molar refractivity (Wildman–Crippen MR) is 33.7 cm³/mol. The van der Waals surface area contributed by atoms with E-state index in [-0.39, 0.29) is 5.60 Å². The maximum Gasteiger partial charge on any atom is 0.0820 e. The predicted octanol–water partition coefficient (Wildman–Crippen LogP) is -1.03. The standard InChI is InChI=1S/C6H12N2O/c7-4-8-2-5-1-6(5,9)3-8/h5,9H,1-4,7H2. The molecule has 2 unspecified atom stereocenters. The molecule has 0 aromatic heterocycles. The van der Waals surface area contributed by atoms with Crippen molar-refractivity contribution in [1.82, 2.24) is 4.90 Å². The van der Waals surface area contributed by atoms with Gasteiger partial charge in [-0.3, -0.25) is 4.90 Å². The molecule has 3 heteroatoms. The van der Waals surface area contributed by atoms with Gasteiger partial charge in [0.25, 0.3) is 0 Å². The van der Waals surface area contributed by atoms with Gasteiger partial charge in [-0.25, -0.2) is 0 Å². The lowest BCUT2D eigenvalue weighted by Crippen LogP contribution is -2.32. The van der Waals surface area contributed by atoms with E-state index >= 15 is 0 Å². The molecule has 2 aliphatic rings. The van der Waals surface area contributed by atoms with E-state index in [0.29, 0.717) is 12.6 Å². The molecule has 1 saturated heterocycles. The number of nitrogens with zero attached hydrogens (tertiary/aromatic N) is 1. The van der Waals surface area contributed by atoms with Crippen LogP contribution in [0.1, 0.15) is 6.42 Å². The van der Waals surface area contributed by atoms with Crippen LogP contribution in [0.15, 0.2) is 0 Å². The zero-order valence-corrected chi connectivity index (χ0v) is 5.38. The molecule has 0 amide bonds. The summed E-state index contributed by atoms with van der Waals surface area (Å²) < 4.78 is 0. The SMILES string of the molecule is NCN1CC2CC2(O)C1. The minimum atomic E-state index is -0.320. The topological polar surface area (TPSA) is 49.5 Å².